The molecule has 0 spiro atoms. The molecule has 5 rings (SSSR count). The van der Waals surface area contributed by atoms with E-state index in [2.05, 4.69) is 24.4 Å². The zero-order valence-corrected chi connectivity index (χ0v) is 18.8. The minimum absolute atomic E-state index is 0.0628. The number of carbonyl (C=O) groups excluding carboxylic acids is 1. The summed E-state index contributed by atoms with van der Waals surface area (Å²) in [7, 11) is 0. The molecule has 1 fully saturated rings. The van der Waals surface area contributed by atoms with Gasteiger partial charge in [-0.3, -0.25) is 4.79 Å². The van der Waals surface area contributed by atoms with Crippen LogP contribution in [0.4, 0.5) is 4.39 Å². The second kappa shape index (κ2) is 8.34. The van der Waals surface area contributed by atoms with E-state index >= 15 is 0 Å². The molecule has 1 unspecified atom stereocenters. The van der Waals surface area contributed by atoms with Crippen molar-refractivity contribution < 1.29 is 9.18 Å². The van der Waals surface area contributed by atoms with E-state index in [-0.39, 0.29) is 23.2 Å². The van der Waals surface area contributed by atoms with Crippen LogP contribution in [-0.4, -0.2) is 30.4 Å². The van der Waals surface area contributed by atoms with Gasteiger partial charge in [-0.25, -0.2) is 4.39 Å². The maximum Gasteiger partial charge on any atom is 0.251 e. The second-order valence-electron chi connectivity index (χ2n) is 8.81. The van der Waals surface area contributed by atoms with Gasteiger partial charge >= 0.3 is 0 Å². The first-order chi connectivity index (χ1) is 15.5. The number of carbonyl (C=O) groups is 1. The van der Waals surface area contributed by atoms with Crippen LogP contribution in [-0.2, 0) is 10.2 Å². The highest BCUT2D eigenvalue weighted by atomic mass is 35.5. The molecule has 2 heterocycles. The Kier molecular flexibility index (Phi) is 5.52. The van der Waals surface area contributed by atoms with Crippen molar-refractivity contribution in [1.29, 1.82) is 0 Å². The maximum absolute atomic E-state index is 13.8. The van der Waals surface area contributed by atoms with Crippen molar-refractivity contribution in [1.82, 2.24) is 10.2 Å². The lowest BCUT2D eigenvalue weighted by Crippen LogP contribution is -2.44. The van der Waals surface area contributed by atoms with E-state index in [0.29, 0.717) is 11.6 Å². The van der Waals surface area contributed by atoms with Crippen molar-refractivity contribution in [3.8, 4) is 0 Å². The Morgan fingerprint density at radius 3 is 2.53 bits per heavy atom. The first kappa shape index (κ1) is 21.2. The van der Waals surface area contributed by atoms with E-state index < -0.39 is 0 Å². The molecule has 1 saturated heterocycles. The Morgan fingerprint density at radius 1 is 1.06 bits per heavy atom. The average Bonchev–Trinajstić information content (AvgIpc) is 3.20. The van der Waals surface area contributed by atoms with Crippen LogP contribution in [0.15, 0.2) is 72.3 Å². The molecule has 2 aliphatic rings. The van der Waals surface area contributed by atoms with Gasteiger partial charge in [0.05, 0.1) is 6.04 Å². The number of nitrogens with one attached hydrogen (secondary N) is 1. The lowest BCUT2D eigenvalue weighted by atomic mass is 9.68. The quantitative estimate of drug-likeness (QED) is 0.548. The normalized spacial score (nSPS) is 19.3. The average molecular weight is 449 g/mol. The SMILES string of the molecule is CC(c1cc(Cl)cc2ccccc12)N1CC=C(C2(c3ccc(F)cc3)CCNCC2)C1=O. The van der Waals surface area contributed by atoms with Crippen LogP contribution >= 0.6 is 11.6 Å². The van der Waals surface area contributed by atoms with Crippen LogP contribution in [0.2, 0.25) is 5.02 Å². The smallest absolute Gasteiger partial charge is 0.251 e. The Bertz CT molecular complexity index is 1200. The van der Waals surface area contributed by atoms with Crippen molar-refractivity contribution in [3.63, 3.8) is 0 Å². The molecule has 0 radical (unpaired) electrons. The summed E-state index contributed by atoms with van der Waals surface area (Å²) in [5, 5.41) is 6.26. The lowest BCUT2D eigenvalue weighted by Gasteiger charge is -2.39. The van der Waals surface area contributed by atoms with Crippen molar-refractivity contribution >= 4 is 28.3 Å². The highest BCUT2D eigenvalue weighted by Gasteiger charge is 2.45. The molecule has 3 aromatic carbocycles. The van der Waals surface area contributed by atoms with Crippen LogP contribution in [0.5, 0.6) is 0 Å². The largest absolute Gasteiger partial charge is 0.328 e. The molecule has 3 nitrogen and oxygen atoms in total. The highest BCUT2D eigenvalue weighted by Crippen LogP contribution is 2.44. The predicted molar refractivity (Wildman–Crippen MR) is 127 cm³/mol. The summed E-state index contributed by atoms with van der Waals surface area (Å²) in [5.74, 6) is -0.194. The van der Waals surface area contributed by atoms with Gasteiger partial charge in [0.2, 0.25) is 0 Å². The third-order valence-corrected chi connectivity index (χ3v) is 7.35. The standard InChI is InChI=1S/C27H26ClFN2O/c1-18(24-17-21(28)16-19-4-2-3-5-23(19)24)31-15-10-25(26(31)32)27(11-13-30-14-12-27)20-6-8-22(29)9-7-20/h2-10,16-18,30H,11-15H2,1H3. The lowest BCUT2D eigenvalue weighted by molar-refractivity contribution is -0.128. The van der Waals surface area contributed by atoms with Crippen LogP contribution in [0.3, 0.4) is 0 Å². The van der Waals surface area contributed by atoms with Crippen molar-refractivity contribution in [2.45, 2.75) is 31.2 Å². The Hall–Kier alpha value is -2.69. The predicted octanol–water partition coefficient (Wildman–Crippen LogP) is 5.78. The van der Waals surface area contributed by atoms with Gasteiger partial charge in [0, 0.05) is 22.6 Å². The number of halogens is 2. The summed E-state index contributed by atoms with van der Waals surface area (Å²) in [6.07, 6.45) is 3.72. The van der Waals surface area contributed by atoms with E-state index in [1.807, 2.05) is 47.4 Å². The number of nitrogens with zero attached hydrogens (tertiary/aromatic N) is 1. The molecule has 1 N–H and O–H groups in total. The van der Waals surface area contributed by atoms with E-state index in [9.17, 15) is 9.18 Å². The molecule has 2 aliphatic heterocycles. The van der Waals surface area contributed by atoms with Gasteiger partial charge in [0.1, 0.15) is 5.82 Å². The Balaban J connectivity index is 1.51. The third-order valence-electron chi connectivity index (χ3n) is 7.13. The number of benzene rings is 3. The fraction of sp³-hybridized carbons (Fsp3) is 0.296. The van der Waals surface area contributed by atoms with Crippen molar-refractivity contribution in [2.75, 3.05) is 19.6 Å². The minimum atomic E-state index is -0.388. The van der Waals surface area contributed by atoms with E-state index in [1.54, 1.807) is 0 Å². The summed E-state index contributed by atoms with van der Waals surface area (Å²) in [6, 6.07) is 18.6. The fourth-order valence-electron chi connectivity index (χ4n) is 5.40. The number of hydrogen-bond acceptors (Lipinski definition) is 2. The topological polar surface area (TPSA) is 32.3 Å². The van der Waals surface area contributed by atoms with Gasteiger partial charge in [-0.05, 0) is 79.0 Å². The van der Waals surface area contributed by atoms with Gasteiger partial charge in [0.15, 0.2) is 0 Å². The van der Waals surface area contributed by atoms with Crippen LogP contribution in [0, 0.1) is 5.82 Å². The number of piperidine rings is 1. The monoisotopic (exact) mass is 448 g/mol. The number of fused-ring (bicyclic) bond motifs is 1. The van der Waals surface area contributed by atoms with E-state index in [0.717, 1.165) is 53.4 Å². The molecule has 0 bridgehead atoms. The Morgan fingerprint density at radius 2 is 1.78 bits per heavy atom. The maximum atomic E-state index is 13.8. The van der Waals surface area contributed by atoms with E-state index in [1.165, 1.54) is 12.1 Å². The summed E-state index contributed by atoms with van der Waals surface area (Å²) < 4.78 is 13.6. The number of hydrogen-bond donors (Lipinski definition) is 1. The van der Waals surface area contributed by atoms with Gasteiger partial charge in [-0.1, -0.05) is 54.1 Å². The van der Waals surface area contributed by atoms with Gasteiger partial charge < -0.3 is 10.2 Å². The molecule has 5 heteroatoms. The zero-order chi connectivity index (χ0) is 22.3. The van der Waals surface area contributed by atoms with Crippen LogP contribution in [0.25, 0.3) is 10.8 Å². The molecule has 0 aromatic heterocycles. The van der Waals surface area contributed by atoms with Crippen molar-refractivity contribution in [3.05, 3.63) is 94.3 Å². The first-order valence-electron chi connectivity index (χ1n) is 11.2. The molecule has 0 aliphatic carbocycles. The fourth-order valence-corrected chi connectivity index (χ4v) is 5.64. The molecular weight excluding hydrogens is 423 g/mol. The van der Waals surface area contributed by atoms with Gasteiger partial charge in [-0.2, -0.15) is 0 Å². The van der Waals surface area contributed by atoms with E-state index in [4.69, 9.17) is 11.6 Å². The minimum Gasteiger partial charge on any atom is -0.328 e. The van der Waals surface area contributed by atoms with Crippen molar-refractivity contribution in [2.24, 2.45) is 0 Å². The second-order valence-corrected chi connectivity index (χ2v) is 9.24. The van der Waals surface area contributed by atoms with Crippen LogP contribution < -0.4 is 5.32 Å². The summed E-state index contributed by atoms with van der Waals surface area (Å²) >= 11 is 6.42. The number of rotatable bonds is 4. The van der Waals surface area contributed by atoms with Crippen LogP contribution in [0.1, 0.15) is 36.9 Å². The zero-order valence-electron chi connectivity index (χ0n) is 18.1. The first-order valence-corrected chi connectivity index (χ1v) is 11.5. The number of amides is 1. The summed E-state index contributed by atoms with van der Waals surface area (Å²) in [4.78, 5) is 15.7. The molecular formula is C27H26ClFN2O. The molecule has 1 atom stereocenters. The molecule has 164 valence electrons. The third kappa shape index (κ3) is 3.52. The molecule has 32 heavy (non-hydrogen) atoms. The summed E-state index contributed by atoms with van der Waals surface area (Å²) in [5.41, 5.74) is 2.52. The summed E-state index contributed by atoms with van der Waals surface area (Å²) in [6.45, 7) is 4.29. The highest BCUT2D eigenvalue weighted by molar-refractivity contribution is 6.31. The van der Waals surface area contributed by atoms with Gasteiger partial charge in [0.25, 0.3) is 5.91 Å². The molecule has 3 aromatic rings. The molecule has 1 amide bonds. The van der Waals surface area contributed by atoms with Gasteiger partial charge in [-0.15, -0.1) is 0 Å². The molecule has 0 saturated carbocycles. The Labute approximate surface area is 192 Å².